The summed E-state index contributed by atoms with van der Waals surface area (Å²) in [5.74, 6) is -1.17. The Hall–Kier alpha value is -7.26. The standard InChI is InChI=1S/C26H25F3N4O.C22H15F3N2O2/c1-32(2)13-12-30-25(34)20-8-4-7-19(15-20)23-11-5-9-21-17-33(31-24(21)23)16-18-6-3-10-22(14-18)26(27,28)29;23-22(24,25)18-8-1-4-14(10-18)12-27-13-17-7-3-9-19(20(17)26-27)15-5-2-6-16(11-15)21(28)29/h3-11,14-15,17H,12-13,16H2,1-2H3,(H,30,34);1-11,13H,12H2,(H,28,29). The van der Waals surface area contributed by atoms with E-state index in [1.165, 1.54) is 18.2 Å². The fraction of sp³-hybridized carbons (Fsp3) is 0.167. The van der Waals surface area contributed by atoms with Crippen molar-refractivity contribution >= 4 is 33.7 Å². The summed E-state index contributed by atoms with van der Waals surface area (Å²) in [4.78, 5) is 25.8. The molecule has 2 heterocycles. The van der Waals surface area contributed by atoms with Gasteiger partial charge in [0.2, 0.25) is 0 Å². The van der Waals surface area contributed by atoms with Gasteiger partial charge in [0.15, 0.2) is 0 Å². The highest BCUT2D eigenvalue weighted by Gasteiger charge is 2.31. The Kier molecular flexibility index (Phi) is 12.8. The minimum atomic E-state index is -4.40. The fourth-order valence-corrected chi connectivity index (χ4v) is 7.03. The summed E-state index contributed by atoms with van der Waals surface area (Å²) >= 11 is 0. The van der Waals surface area contributed by atoms with Gasteiger partial charge < -0.3 is 15.3 Å². The van der Waals surface area contributed by atoms with Crippen LogP contribution in [0.4, 0.5) is 26.3 Å². The molecular formula is C48H40F6N6O3. The highest BCUT2D eigenvalue weighted by molar-refractivity contribution is 5.98. The quantitative estimate of drug-likeness (QED) is 0.126. The lowest BCUT2D eigenvalue weighted by Gasteiger charge is -2.11. The number of likely N-dealkylation sites (N-methyl/N-ethyl adjacent to an activating group) is 1. The third-order valence-corrected chi connectivity index (χ3v) is 10.1. The predicted molar refractivity (Wildman–Crippen MR) is 229 cm³/mol. The predicted octanol–water partition coefficient (Wildman–Crippen LogP) is 10.5. The molecule has 0 radical (unpaired) electrons. The first-order chi connectivity index (χ1) is 30.0. The first-order valence-corrected chi connectivity index (χ1v) is 19.6. The van der Waals surface area contributed by atoms with Crippen LogP contribution < -0.4 is 5.32 Å². The van der Waals surface area contributed by atoms with E-state index in [-0.39, 0.29) is 24.6 Å². The molecule has 0 saturated carbocycles. The third-order valence-electron chi connectivity index (χ3n) is 10.1. The normalized spacial score (nSPS) is 11.8. The Morgan fingerprint density at radius 3 is 1.51 bits per heavy atom. The van der Waals surface area contributed by atoms with Gasteiger partial charge in [-0.15, -0.1) is 0 Å². The molecule has 0 fully saturated rings. The lowest BCUT2D eigenvalue weighted by Crippen LogP contribution is -2.31. The van der Waals surface area contributed by atoms with E-state index in [0.717, 1.165) is 63.8 Å². The number of rotatable bonds is 11. The molecule has 0 spiro atoms. The zero-order chi connectivity index (χ0) is 44.9. The first-order valence-electron chi connectivity index (χ1n) is 19.6. The minimum absolute atomic E-state index is 0.147. The molecule has 2 aromatic heterocycles. The number of hydrogen-bond acceptors (Lipinski definition) is 5. The van der Waals surface area contributed by atoms with Gasteiger partial charge >= 0.3 is 18.3 Å². The molecule has 0 aliphatic heterocycles. The van der Waals surface area contributed by atoms with Crippen molar-refractivity contribution in [2.45, 2.75) is 25.4 Å². The molecule has 322 valence electrons. The van der Waals surface area contributed by atoms with Crippen molar-refractivity contribution in [1.82, 2.24) is 29.8 Å². The van der Waals surface area contributed by atoms with Gasteiger partial charge in [-0.2, -0.15) is 36.5 Å². The molecule has 8 rings (SSSR count). The van der Waals surface area contributed by atoms with Crippen LogP contribution in [0.3, 0.4) is 0 Å². The number of carbonyl (C=O) groups excluding carboxylic acids is 1. The molecule has 1 amide bonds. The Bertz CT molecular complexity index is 2920. The van der Waals surface area contributed by atoms with Gasteiger partial charge in [0.25, 0.3) is 5.91 Å². The second-order valence-electron chi connectivity index (χ2n) is 15.1. The maximum atomic E-state index is 13.1. The monoisotopic (exact) mass is 862 g/mol. The number of carboxylic acid groups (broad SMARTS) is 1. The van der Waals surface area contributed by atoms with E-state index in [1.54, 1.807) is 52.0 Å². The van der Waals surface area contributed by atoms with E-state index in [1.807, 2.05) is 79.8 Å². The van der Waals surface area contributed by atoms with Crippen LogP contribution in [0.2, 0.25) is 0 Å². The number of amides is 1. The maximum absolute atomic E-state index is 13.1. The van der Waals surface area contributed by atoms with Crippen LogP contribution in [0, 0.1) is 0 Å². The van der Waals surface area contributed by atoms with E-state index in [0.29, 0.717) is 34.3 Å². The summed E-state index contributed by atoms with van der Waals surface area (Å²) < 4.78 is 81.2. The van der Waals surface area contributed by atoms with Crippen LogP contribution in [0.25, 0.3) is 44.1 Å². The van der Waals surface area contributed by atoms with Gasteiger partial charge in [0, 0.05) is 52.9 Å². The molecule has 0 atom stereocenters. The summed E-state index contributed by atoms with van der Waals surface area (Å²) in [5.41, 5.74) is 4.89. The van der Waals surface area contributed by atoms with Crippen molar-refractivity contribution in [2.24, 2.45) is 0 Å². The number of halogens is 6. The molecule has 0 aliphatic carbocycles. The van der Waals surface area contributed by atoms with Gasteiger partial charge in [-0.05, 0) is 84.9 Å². The fourth-order valence-electron chi connectivity index (χ4n) is 7.03. The van der Waals surface area contributed by atoms with Crippen LogP contribution in [-0.2, 0) is 25.4 Å². The minimum Gasteiger partial charge on any atom is -0.478 e. The number of benzene rings is 6. The van der Waals surface area contributed by atoms with Gasteiger partial charge in [-0.25, -0.2) is 4.79 Å². The van der Waals surface area contributed by atoms with Crippen LogP contribution >= 0.6 is 0 Å². The smallest absolute Gasteiger partial charge is 0.416 e. The van der Waals surface area contributed by atoms with E-state index < -0.39 is 29.4 Å². The zero-order valence-corrected chi connectivity index (χ0v) is 34.0. The van der Waals surface area contributed by atoms with Crippen LogP contribution in [-0.4, -0.2) is 68.6 Å². The SMILES string of the molecule is CN(C)CCNC(=O)c1cccc(-c2cccc3cn(Cc4cccc(C(F)(F)F)c4)nc23)c1.O=C(O)c1cccc(-c2cccc3cn(Cc4cccc(C(F)(F)F)c4)nc23)c1. The summed E-state index contributed by atoms with van der Waals surface area (Å²) in [7, 11) is 3.89. The molecule has 15 heteroatoms. The Morgan fingerprint density at radius 1 is 0.603 bits per heavy atom. The number of nitrogens with zero attached hydrogens (tertiary/aromatic N) is 5. The topological polar surface area (TPSA) is 105 Å². The van der Waals surface area contributed by atoms with Crippen LogP contribution in [0.5, 0.6) is 0 Å². The number of nitrogens with one attached hydrogen (secondary N) is 1. The number of carbonyl (C=O) groups is 2. The summed E-state index contributed by atoms with van der Waals surface area (Å²) in [6, 6.07) is 35.6. The number of carboxylic acids is 1. The molecule has 9 nitrogen and oxygen atoms in total. The highest BCUT2D eigenvalue weighted by atomic mass is 19.4. The lowest BCUT2D eigenvalue weighted by atomic mass is 10.0. The second kappa shape index (κ2) is 18.4. The number of alkyl halides is 6. The third kappa shape index (κ3) is 10.8. The molecule has 2 N–H and O–H groups in total. The van der Waals surface area contributed by atoms with Crippen LogP contribution in [0.15, 0.2) is 146 Å². The van der Waals surface area contributed by atoms with Gasteiger partial charge in [-0.3, -0.25) is 14.2 Å². The summed E-state index contributed by atoms with van der Waals surface area (Å²) in [5, 5.41) is 23.0. The average molecular weight is 863 g/mol. The molecule has 0 aliphatic rings. The van der Waals surface area contributed by atoms with Crippen molar-refractivity contribution in [3.63, 3.8) is 0 Å². The van der Waals surface area contributed by atoms with Crippen molar-refractivity contribution in [1.29, 1.82) is 0 Å². The first kappa shape index (κ1) is 43.8. The number of hydrogen-bond donors (Lipinski definition) is 2. The highest BCUT2D eigenvalue weighted by Crippen LogP contribution is 2.33. The zero-order valence-electron chi connectivity index (χ0n) is 34.0. The van der Waals surface area contributed by atoms with E-state index in [9.17, 15) is 41.0 Å². The number of fused-ring (bicyclic) bond motifs is 2. The Morgan fingerprint density at radius 2 is 1.05 bits per heavy atom. The van der Waals surface area contributed by atoms with Crippen molar-refractivity contribution in [3.05, 3.63) is 179 Å². The molecule has 0 bridgehead atoms. The summed E-state index contributed by atoms with van der Waals surface area (Å²) in [6.45, 7) is 1.69. The molecule has 0 unspecified atom stereocenters. The molecule has 6 aromatic carbocycles. The van der Waals surface area contributed by atoms with Gasteiger partial charge in [0.05, 0.1) is 29.8 Å². The van der Waals surface area contributed by atoms with E-state index in [2.05, 4.69) is 15.5 Å². The molecular weight excluding hydrogens is 823 g/mol. The van der Waals surface area contributed by atoms with E-state index >= 15 is 0 Å². The van der Waals surface area contributed by atoms with Gasteiger partial charge in [0.1, 0.15) is 11.0 Å². The van der Waals surface area contributed by atoms with E-state index in [4.69, 9.17) is 0 Å². The second-order valence-corrected chi connectivity index (χ2v) is 15.1. The number of aromatic carboxylic acids is 1. The molecule has 63 heavy (non-hydrogen) atoms. The maximum Gasteiger partial charge on any atom is 0.416 e. The largest absolute Gasteiger partial charge is 0.478 e. The lowest BCUT2D eigenvalue weighted by molar-refractivity contribution is -0.138. The van der Waals surface area contributed by atoms with Gasteiger partial charge in [-0.1, -0.05) is 84.9 Å². The van der Waals surface area contributed by atoms with Crippen LogP contribution in [0.1, 0.15) is 43.0 Å². The summed E-state index contributed by atoms with van der Waals surface area (Å²) in [6.07, 6.45) is -5.20. The molecule has 0 saturated heterocycles. The Balaban J connectivity index is 0.000000191. The van der Waals surface area contributed by atoms with Crippen molar-refractivity contribution < 1.29 is 41.0 Å². The Labute approximate surface area is 357 Å². The molecule has 8 aromatic rings. The van der Waals surface area contributed by atoms with Crippen molar-refractivity contribution in [3.8, 4) is 22.3 Å². The number of aromatic nitrogens is 4. The van der Waals surface area contributed by atoms with Crippen molar-refractivity contribution in [2.75, 3.05) is 27.2 Å². The average Bonchev–Trinajstić information content (AvgIpc) is 3.86.